The lowest BCUT2D eigenvalue weighted by Gasteiger charge is -2.06. The first-order chi connectivity index (χ1) is 8.72. The first-order valence-electron chi connectivity index (χ1n) is 5.32. The summed E-state index contributed by atoms with van der Waals surface area (Å²) in [6.45, 7) is 0.390. The van der Waals surface area contributed by atoms with Crippen LogP contribution in [0.1, 0.15) is 5.82 Å². The molecule has 0 saturated carbocycles. The molecule has 2 rings (SSSR count). The third-order valence-electron chi connectivity index (χ3n) is 2.33. The molecule has 5 nitrogen and oxygen atoms in total. The van der Waals surface area contributed by atoms with E-state index in [9.17, 15) is 0 Å². The molecule has 0 atom stereocenters. The number of H-pyrrole nitrogens is 1. The molecule has 0 radical (unpaired) electrons. The second-order valence-electron chi connectivity index (χ2n) is 3.60. The summed E-state index contributed by atoms with van der Waals surface area (Å²) in [7, 11) is 3.19. The van der Waals surface area contributed by atoms with Gasteiger partial charge in [0, 0.05) is 24.9 Å². The van der Waals surface area contributed by atoms with E-state index >= 15 is 0 Å². The summed E-state index contributed by atoms with van der Waals surface area (Å²) in [6.07, 6.45) is 1.72. The van der Waals surface area contributed by atoms with Gasteiger partial charge < -0.3 is 14.5 Å². The molecule has 2 heterocycles. The Bertz CT molecular complexity index is 581. The zero-order valence-electron chi connectivity index (χ0n) is 10.1. The quantitative estimate of drug-likeness (QED) is 0.858. The number of hydrogen-bond donors (Lipinski definition) is 1. The van der Waals surface area contributed by atoms with E-state index in [1.165, 1.54) is 0 Å². The van der Waals surface area contributed by atoms with Crippen LogP contribution in [0, 0.1) is 4.64 Å². The van der Waals surface area contributed by atoms with E-state index in [0.717, 1.165) is 11.3 Å². The maximum atomic E-state index is 5.12. The van der Waals surface area contributed by atoms with E-state index in [4.69, 9.17) is 21.7 Å². The maximum Gasteiger partial charge on any atom is 0.212 e. The number of methoxy groups -OCH3 is 2. The highest BCUT2D eigenvalue weighted by Gasteiger charge is 2.03. The van der Waals surface area contributed by atoms with Crippen molar-refractivity contribution in [2.24, 2.45) is 0 Å². The van der Waals surface area contributed by atoms with Crippen molar-refractivity contribution in [3.05, 3.63) is 34.9 Å². The Kier molecular flexibility index (Phi) is 4.01. The molecule has 2 aromatic heterocycles. The van der Waals surface area contributed by atoms with E-state index in [2.05, 4.69) is 15.0 Å². The van der Waals surface area contributed by atoms with Crippen LogP contribution < -0.4 is 4.74 Å². The fourth-order valence-electron chi connectivity index (χ4n) is 1.53. The van der Waals surface area contributed by atoms with Crippen LogP contribution in [0.4, 0.5) is 0 Å². The Morgan fingerprint density at radius 3 is 2.78 bits per heavy atom. The SMILES string of the molecule is COCc1nc(=S)cc(-c2ccc(OC)nc2)[nH]1. The number of ether oxygens (including phenoxy) is 2. The molecule has 94 valence electrons. The third-order valence-corrected chi connectivity index (χ3v) is 2.54. The van der Waals surface area contributed by atoms with Gasteiger partial charge in [-0.15, -0.1) is 0 Å². The Balaban J connectivity index is 2.39. The zero-order valence-corrected chi connectivity index (χ0v) is 11.0. The van der Waals surface area contributed by atoms with Gasteiger partial charge in [0.15, 0.2) is 0 Å². The molecule has 0 unspecified atom stereocenters. The Labute approximate surface area is 110 Å². The van der Waals surface area contributed by atoms with Crippen LogP contribution in [-0.2, 0) is 11.3 Å². The predicted molar refractivity (Wildman–Crippen MR) is 69.9 cm³/mol. The number of nitrogens with one attached hydrogen (secondary N) is 1. The molecule has 0 bridgehead atoms. The van der Waals surface area contributed by atoms with Crippen LogP contribution in [0.5, 0.6) is 5.88 Å². The average Bonchev–Trinajstić information content (AvgIpc) is 2.38. The fraction of sp³-hybridized carbons (Fsp3) is 0.250. The topological polar surface area (TPSA) is 60.0 Å². The van der Waals surface area contributed by atoms with Crippen molar-refractivity contribution in [3.63, 3.8) is 0 Å². The fourth-order valence-corrected chi connectivity index (χ4v) is 1.76. The van der Waals surface area contributed by atoms with Crippen molar-refractivity contribution in [1.29, 1.82) is 0 Å². The standard InChI is InChI=1S/C12H13N3O2S/c1-16-7-10-14-9(5-12(18)15-10)8-3-4-11(17-2)13-6-8/h3-6H,7H2,1-2H3,(H,14,15,18). The van der Waals surface area contributed by atoms with Crippen LogP contribution in [0.2, 0.25) is 0 Å². The maximum absolute atomic E-state index is 5.12. The van der Waals surface area contributed by atoms with Gasteiger partial charge in [-0.05, 0) is 12.1 Å². The highest BCUT2D eigenvalue weighted by molar-refractivity contribution is 7.71. The van der Waals surface area contributed by atoms with Gasteiger partial charge in [0.05, 0.1) is 12.8 Å². The van der Waals surface area contributed by atoms with E-state index in [-0.39, 0.29) is 0 Å². The number of hydrogen-bond acceptors (Lipinski definition) is 5. The van der Waals surface area contributed by atoms with Gasteiger partial charge in [0.2, 0.25) is 5.88 Å². The number of rotatable bonds is 4. The minimum Gasteiger partial charge on any atom is -0.481 e. The van der Waals surface area contributed by atoms with Crippen LogP contribution in [-0.4, -0.2) is 29.2 Å². The second kappa shape index (κ2) is 5.70. The molecule has 18 heavy (non-hydrogen) atoms. The van der Waals surface area contributed by atoms with Crippen LogP contribution in [0.3, 0.4) is 0 Å². The molecule has 0 aliphatic rings. The van der Waals surface area contributed by atoms with E-state index in [1.807, 2.05) is 6.07 Å². The molecular formula is C12H13N3O2S. The normalized spacial score (nSPS) is 10.3. The molecule has 0 fully saturated rings. The van der Waals surface area contributed by atoms with E-state index < -0.39 is 0 Å². The zero-order chi connectivity index (χ0) is 13.0. The average molecular weight is 263 g/mol. The van der Waals surface area contributed by atoms with Gasteiger partial charge in [-0.1, -0.05) is 12.2 Å². The van der Waals surface area contributed by atoms with Gasteiger partial charge in [-0.2, -0.15) is 0 Å². The number of aromatic nitrogens is 3. The lowest BCUT2D eigenvalue weighted by atomic mass is 10.2. The first-order valence-corrected chi connectivity index (χ1v) is 5.73. The van der Waals surface area contributed by atoms with Gasteiger partial charge >= 0.3 is 0 Å². The van der Waals surface area contributed by atoms with Crippen LogP contribution >= 0.6 is 12.2 Å². The van der Waals surface area contributed by atoms with Crippen molar-refractivity contribution < 1.29 is 9.47 Å². The smallest absolute Gasteiger partial charge is 0.212 e. The van der Waals surface area contributed by atoms with Crippen molar-refractivity contribution in [2.75, 3.05) is 14.2 Å². The van der Waals surface area contributed by atoms with Crippen molar-refractivity contribution in [2.45, 2.75) is 6.61 Å². The van der Waals surface area contributed by atoms with E-state index in [1.54, 1.807) is 32.5 Å². The van der Waals surface area contributed by atoms with Crippen LogP contribution in [0.25, 0.3) is 11.3 Å². The monoisotopic (exact) mass is 263 g/mol. The minimum absolute atomic E-state index is 0.390. The van der Waals surface area contributed by atoms with Gasteiger partial charge in [-0.3, -0.25) is 0 Å². The molecule has 0 aliphatic heterocycles. The molecular weight excluding hydrogens is 250 g/mol. The minimum atomic E-state index is 0.390. The molecule has 0 saturated heterocycles. The molecule has 0 amide bonds. The number of aromatic amines is 1. The summed E-state index contributed by atoms with van der Waals surface area (Å²) in [4.78, 5) is 11.5. The van der Waals surface area contributed by atoms with Gasteiger partial charge in [-0.25, -0.2) is 9.97 Å². The molecule has 2 aromatic rings. The highest BCUT2D eigenvalue weighted by atomic mass is 32.1. The first kappa shape index (κ1) is 12.7. The molecule has 1 N–H and O–H groups in total. The largest absolute Gasteiger partial charge is 0.481 e. The molecule has 0 aliphatic carbocycles. The molecule has 0 spiro atoms. The van der Waals surface area contributed by atoms with Crippen molar-refractivity contribution in [3.8, 4) is 17.1 Å². The third kappa shape index (κ3) is 2.91. The molecule has 6 heteroatoms. The van der Waals surface area contributed by atoms with Crippen molar-refractivity contribution in [1.82, 2.24) is 15.0 Å². The predicted octanol–water partition coefficient (Wildman–Crippen LogP) is 2.36. The van der Waals surface area contributed by atoms with Crippen LogP contribution in [0.15, 0.2) is 24.4 Å². The summed E-state index contributed by atoms with van der Waals surface area (Å²) in [5, 5.41) is 0. The summed E-state index contributed by atoms with van der Waals surface area (Å²) >= 11 is 5.12. The summed E-state index contributed by atoms with van der Waals surface area (Å²) in [6, 6.07) is 5.49. The lowest BCUT2D eigenvalue weighted by Crippen LogP contribution is -1.99. The Morgan fingerprint density at radius 1 is 1.33 bits per heavy atom. The van der Waals surface area contributed by atoms with Crippen molar-refractivity contribution >= 4 is 12.2 Å². The summed E-state index contributed by atoms with van der Waals surface area (Å²) in [5.41, 5.74) is 1.78. The summed E-state index contributed by atoms with van der Waals surface area (Å²) < 4.78 is 10.6. The second-order valence-corrected chi connectivity index (χ2v) is 4.02. The highest BCUT2D eigenvalue weighted by Crippen LogP contribution is 2.18. The van der Waals surface area contributed by atoms with E-state index in [0.29, 0.717) is 23.0 Å². The lowest BCUT2D eigenvalue weighted by molar-refractivity contribution is 0.177. The Morgan fingerprint density at radius 2 is 2.17 bits per heavy atom. The molecule has 0 aromatic carbocycles. The summed E-state index contributed by atoms with van der Waals surface area (Å²) in [5.74, 6) is 1.26. The Hall–Kier alpha value is -1.79. The van der Waals surface area contributed by atoms with Gasteiger partial charge in [0.1, 0.15) is 17.1 Å². The number of nitrogens with zero attached hydrogens (tertiary/aromatic N) is 2. The number of pyridine rings is 1. The van der Waals surface area contributed by atoms with Gasteiger partial charge in [0.25, 0.3) is 0 Å².